The van der Waals surface area contributed by atoms with Crippen LogP contribution < -0.4 is 0 Å². The Labute approximate surface area is 139 Å². The number of carbonyl (C=O) groups excluding carboxylic acids is 1. The summed E-state index contributed by atoms with van der Waals surface area (Å²) in [4.78, 5) is 12.1. The highest BCUT2D eigenvalue weighted by molar-refractivity contribution is 5.83. The molecule has 0 aliphatic heterocycles. The molecular formula is C17H12F6O2. The van der Waals surface area contributed by atoms with Crippen molar-refractivity contribution in [2.24, 2.45) is 0 Å². The smallest absolute Gasteiger partial charge is 0.416 e. The SMILES string of the molecule is COC(=O)C(c1ccccc1C(F)(F)F)c1ccccc1C(F)(F)F. The molecule has 2 aromatic rings. The Hall–Kier alpha value is -2.51. The first kappa shape index (κ1) is 18.8. The first-order valence-electron chi connectivity index (χ1n) is 6.97. The Kier molecular flexibility index (Phi) is 5.10. The van der Waals surface area contributed by atoms with Gasteiger partial charge in [0, 0.05) is 0 Å². The van der Waals surface area contributed by atoms with Gasteiger partial charge in [-0.1, -0.05) is 36.4 Å². The highest BCUT2D eigenvalue weighted by Crippen LogP contribution is 2.42. The molecule has 0 heterocycles. The van der Waals surface area contributed by atoms with Crippen LogP contribution in [0.1, 0.15) is 28.2 Å². The van der Waals surface area contributed by atoms with E-state index in [1.807, 2.05) is 0 Å². The van der Waals surface area contributed by atoms with Crippen LogP contribution in [0.25, 0.3) is 0 Å². The number of hydrogen-bond donors (Lipinski definition) is 0. The second-order valence-electron chi connectivity index (χ2n) is 5.13. The van der Waals surface area contributed by atoms with E-state index >= 15 is 0 Å². The zero-order valence-electron chi connectivity index (χ0n) is 12.8. The maximum absolute atomic E-state index is 13.3. The molecular weight excluding hydrogens is 350 g/mol. The van der Waals surface area contributed by atoms with E-state index in [4.69, 9.17) is 0 Å². The van der Waals surface area contributed by atoms with E-state index in [2.05, 4.69) is 4.74 Å². The van der Waals surface area contributed by atoms with Crippen molar-refractivity contribution >= 4 is 5.97 Å². The van der Waals surface area contributed by atoms with Gasteiger partial charge in [0.25, 0.3) is 0 Å². The molecule has 2 aromatic carbocycles. The number of ether oxygens (including phenoxy) is 1. The zero-order valence-corrected chi connectivity index (χ0v) is 12.8. The van der Waals surface area contributed by atoms with Crippen molar-refractivity contribution < 1.29 is 35.9 Å². The van der Waals surface area contributed by atoms with Gasteiger partial charge in [-0.15, -0.1) is 0 Å². The molecule has 0 N–H and O–H groups in total. The van der Waals surface area contributed by atoms with Crippen LogP contribution in [-0.4, -0.2) is 13.1 Å². The molecule has 8 heteroatoms. The number of methoxy groups -OCH3 is 1. The summed E-state index contributed by atoms with van der Waals surface area (Å²) < 4.78 is 84.0. The van der Waals surface area contributed by atoms with E-state index in [1.165, 1.54) is 12.1 Å². The molecule has 0 amide bonds. The van der Waals surface area contributed by atoms with Crippen molar-refractivity contribution in [2.75, 3.05) is 7.11 Å². The third-order valence-electron chi connectivity index (χ3n) is 3.59. The van der Waals surface area contributed by atoms with Crippen LogP contribution in [0.3, 0.4) is 0 Å². The van der Waals surface area contributed by atoms with Crippen LogP contribution in [0.5, 0.6) is 0 Å². The average Bonchev–Trinajstić information content (AvgIpc) is 2.54. The predicted molar refractivity (Wildman–Crippen MR) is 76.7 cm³/mol. The van der Waals surface area contributed by atoms with Gasteiger partial charge in [0.1, 0.15) is 5.92 Å². The van der Waals surface area contributed by atoms with E-state index < -0.39 is 46.5 Å². The molecule has 0 fully saturated rings. The predicted octanol–water partition coefficient (Wildman–Crippen LogP) is 5.03. The fourth-order valence-corrected chi connectivity index (χ4v) is 2.55. The topological polar surface area (TPSA) is 26.3 Å². The lowest BCUT2D eigenvalue weighted by atomic mass is 9.85. The van der Waals surface area contributed by atoms with Gasteiger partial charge >= 0.3 is 18.3 Å². The summed E-state index contributed by atoms with van der Waals surface area (Å²) in [7, 11) is 0.905. The van der Waals surface area contributed by atoms with Crippen molar-refractivity contribution in [1.29, 1.82) is 0 Å². The van der Waals surface area contributed by atoms with Crippen LogP contribution in [0, 0.1) is 0 Å². The van der Waals surface area contributed by atoms with Gasteiger partial charge in [0.05, 0.1) is 18.2 Å². The van der Waals surface area contributed by atoms with Crippen LogP contribution >= 0.6 is 0 Å². The molecule has 0 unspecified atom stereocenters. The quantitative estimate of drug-likeness (QED) is 0.566. The standard InChI is InChI=1S/C17H12F6O2/c1-25-15(24)14(10-6-2-4-8-12(10)16(18,19)20)11-7-3-5-9-13(11)17(21,22)23/h2-9,14H,1H3. The molecule has 0 spiro atoms. The van der Waals surface area contributed by atoms with Crippen molar-refractivity contribution in [3.63, 3.8) is 0 Å². The summed E-state index contributed by atoms with van der Waals surface area (Å²) in [6, 6.07) is 7.98. The molecule has 0 saturated carbocycles. The van der Waals surface area contributed by atoms with Gasteiger partial charge in [0.2, 0.25) is 0 Å². The lowest BCUT2D eigenvalue weighted by Gasteiger charge is -2.23. The number of carbonyl (C=O) groups is 1. The molecule has 2 nitrogen and oxygen atoms in total. The second kappa shape index (κ2) is 6.78. The van der Waals surface area contributed by atoms with E-state index in [1.54, 1.807) is 0 Å². The molecule has 0 radical (unpaired) electrons. The summed E-state index contributed by atoms with van der Waals surface area (Å²) in [5.74, 6) is -3.07. The summed E-state index contributed by atoms with van der Waals surface area (Å²) in [6.07, 6.45) is -9.67. The number of esters is 1. The van der Waals surface area contributed by atoms with Gasteiger partial charge in [-0.2, -0.15) is 26.3 Å². The second-order valence-corrected chi connectivity index (χ2v) is 5.13. The summed E-state index contributed by atoms with van der Waals surface area (Å²) >= 11 is 0. The van der Waals surface area contributed by atoms with Crippen molar-refractivity contribution in [3.8, 4) is 0 Å². The molecule has 0 aliphatic rings. The monoisotopic (exact) mass is 362 g/mol. The summed E-state index contributed by atoms with van der Waals surface area (Å²) in [5.41, 5.74) is -3.58. The van der Waals surface area contributed by atoms with Gasteiger partial charge in [-0.25, -0.2) is 0 Å². The number of alkyl halides is 6. The van der Waals surface area contributed by atoms with Crippen LogP contribution in [0.4, 0.5) is 26.3 Å². The number of benzene rings is 2. The number of rotatable bonds is 3. The fraction of sp³-hybridized carbons (Fsp3) is 0.235. The van der Waals surface area contributed by atoms with E-state index in [0.717, 1.165) is 31.4 Å². The van der Waals surface area contributed by atoms with E-state index in [0.29, 0.717) is 12.1 Å². The zero-order chi connectivity index (χ0) is 18.8. The lowest BCUT2D eigenvalue weighted by molar-refractivity contribution is -0.144. The first-order chi connectivity index (χ1) is 11.6. The van der Waals surface area contributed by atoms with Crippen LogP contribution in [-0.2, 0) is 21.9 Å². The molecule has 0 saturated heterocycles. The minimum atomic E-state index is -4.84. The third-order valence-corrected chi connectivity index (χ3v) is 3.59. The van der Waals surface area contributed by atoms with Crippen molar-refractivity contribution in [3.05, 3.63) is 70.8 Å². The van der Waals surface area contributed by atoms with Crippen LogP contribution in [0.2, 0.25) is 0 Å². The Morgan fingerprint density at radius 3 is 1.48 bits per heavy atom. The maximum atomic E-state index is 13.3. The van der Waals surface area contributed by atoms with E-state index in [-0.39, 0.29) is 0 Å². The minimum Gasteiger partial charge on any atom is -0.468 e. The molecule has 0 aromatic heterocycles. The summed E-state index contributed by atoms with van der Waals surface area (Å²) in [5, 5.41) is 0. The lowest BCUT2D eigenvalue weighted by Crippen LogP contribution is -2.23. The third kappa shape index (κ3) is 3.94. The summed E-state index contributed by atoms with van der Waals surface area (Å²) in [6.45, 7) is 0. The normalized spacial score (nSPS) is 12.3. The Morgan fingerprint density at radius 1 is 0.800 bits per heavy atom. The molecule has 0 atom stereocenters. The Bertz CT molecular complexity index is 707. The van der Waals surface area contributed by atoms with Gasteiger partial charge in [-0.05, 0) is 23.3 Å². The Balaban J connectivity index is 2.76. The highest BCUT2D eigenvalue weighted by atomic mass is 19.4. The maximum Gasteiger partial charge on any atom is 0.416 e. The van der Waals surface area contributed by atoms with Gasteiger partial charge < -0.3 is 4.74 Å². The van der Waals surface area contributed by atoms with Gasteiger partial charge in [-0.3, -0.25) is 4.79 Å². The van der Waals surface area contributed by atoms with Gasteiger partial charge in [0.15, 0.2) is 0 Å². The number of hydrogen-bond acceptors (Lipinski definition) is 2. The molecule has 2 rings (SSSR count). The fourth-order valence-electron chi connectivity index (χ4n) is 2.55. The highest BCUT2D eigenvalue weighted by Gasteiger charge is 2.41. The van der Waals surface area contributed by atoms with Crippen molar-refractivity contribution in [1.82, 2.24) is 0 Å². The average molecular weight is 362 g/mol. The largest absolute Gasteiger partial charge is 0.468 e. The molecule has 0 aliphatic carbocycles. The van der Waals surface area contributed by atoms with Crippen molar-refractivity contribution in [2.45, 2.75) is 18.3 Å². The first-order valence-corrected chi connectivity index (χ1v) is 6.97. The molecule has 25 heavy (non-hydrogen) atoms. The number of halogens is 6. The molecule has 134 valence electrons. The molecule has 0 bridgehead atoms. The van der Waals surface area contributed by atoms with Crippen LogP contribution in [0.15, 0.2) is 48.5 Å². The minimum absolute atomic E-state index is 0.599. The Morgan fingerprint density at radius 2 is 1.16 bits per heavy atom. The van der Waals surface area contributed by atoms with E-state index in [9.17, 15) is 31.1 Å².